The molecule has 0 spiro atoms. The molecule has 0 aromatic heterocycles. The zero-order valence-electron chi connectivity index (χ0n) is 54.7. The number of allylic oxidation sites excluding steroid dienone is 18. The molecule has 0 aliphatic heterocycles. The number of hydrogen-bond donors (Lipinski definition) is 0. The molecule has 83 heavy (non-hydrogen) atoms. The SMILES string of the molecule is CC/C=C\C/C=C\C/C=C\C/C=C\C/C=C\C/C=C\C/C=C\C/C=C\C/C=C\CCCCCCCCCC(=O)OCC(COC(=O)CCCCCCCCC)OC(=O)CCCCCCCCCCCCCCCCCCCCCCCCC. The van der Waals surface area contributed by atoms with E-state index in [1.165, 1.54) is 180 Å². The van der Waals surface area contributed by atoms with Crippen LogP contribution in [-0.2, 0) is 28.6 Å². The van der Waals surface area contributed by atoms with E-state index in [0.29, 0.717) is 19.3 Å². The minimum atomic E-state index is -0.779. The van der Waals surface area contributed by atoms with Crippen LogP contribution < -0.4 is 0 Å². The summed E-state index contributed by atoms with van der Waals surface area (Å²) in [7, 11) is 0. The molecule has 0 saturated carbocycles. The number of esters is 3. The highest BCUT2D eigenvalue weighted by Gasteiger charge is 2.19. The predicted octanol–water partition coefficient (Wildman–Crippen LogP) is 24.6. The van der Waals surface area contributed by atoms with Crippen LogP contribution in [0.15, 0.2) is 109 Å². The first kappa shape index (κ1) is 79.1. The fraction of sp³-hybridized carbons (Fsp3) is 0.727. The van der Waals surface area contributed by atoms with E-state index in [1.54, 1.807) is 0 Å². The van der Waals surface area contributed by atoms with Crippen molar-refractivity contribution in [2.75, 3.05) is 13.2 Å². The van der Waals surface area contributed by atoms with Crippen molar-refractivity contribution < 1.29 is 28.6 Å². The van der Waals surface area contributed by atoms with Crippen LogP contribution in [-0.4, -0.2) is 37.2 Å². The highest BCUT2D eigenvalue weighted by Crippen LogP contribution is 2.17. The normalized spacial score (nSPS) is 12.8. The predicted molar refractivity (Wildman–Crippen MR) is 362 cm³/mol. The zero-order chi connectivity index (χ0) is 59.9. The molecule has 0 heterocycles. The number of unbranched alkanes of at least 4 members (excludes halogenated alkanes) is 35. The van der Waals surface area contributed by atoms with Crippen molar-refractivity contribution in [3.05, 3.63) is 109 Å². The largest absolute Gasteiger partial charge is 0.462 e. The lowest BCUT2D eigenvalue weighted by Gasteiger charge is -2.18. The Morgan fingerprint density at radius 1 is 0.253 bits per heavy atom. The Labute approximate surface area is 514 Å². The van der Waals surface area contributed by atoms with Gasteiger partial charge in [-0.1, -0.05) is 342 Å². The van der Waals surface area contributed by atoms with Gasteiger partial charge in [-0.25, -0.2) is 0 Å². The molecule has 0 aromatic rings. The molecule has 1 atom stereocenters. The molecular weight excluding hydrogens is 1020 g/mol. The minimum absolute atomic E-state index is 0.0777. The van der Waals surface area contributed by atoms with E-state index in [-0.39, 0.29) is 31.1 Å². The van der Waals surface area contributed by atoms with Crippen LogP contribution in [0.5, 0.6) is 0 Å². The number of ether oxygens (including phenoxy) is 3. The lowest BCUT2D eigenvalue weighted by molar-refractivity contribution is -0.167. The first-order chi connectivity index (χ1) is 41.0. The molecule has 476 valence electrons. The van der Waals surface area contributed by atoms with Crippen LogP contribution in [0.3, 0.4) is 0 Å². The maximum absolute atomic E-state index is 12.9. The van der Waals surface area contributed by atoms with Crippen LogP contribution in [0.1, 0.15) is 342 Å². The van der Waals surface area contributed by atoms with Crippen molar-refractivity contribution >= 4 is 17.9 Å². The standard InChI is InChI=1S/C77H132O6/c1-4-7-10-13-16-18-20-22-24-26-28-30-32-33-34-35-36-37-38-39-40-41-42-43-45-46-48-50-52-54-56-58-61-64-67-70-76(79)82-73-74(72-81-75(78)69-66-63-60-15-12-9-6-3)83-77(80)71-68-65-62-59-57-55-53-51-49-47-44-31-29-27-25-23-21-19-17-14-11-8-5-2/h7,10,16,18,22,24,28,30,33-34,36-37,39-40,42-43,46,48,74H,4-6,8-9,11-15,17,19-21,23,25-27,29,31-32,35,38,41,44-45,47,49-73H2,1-3H3/b10-7-,18-16-,24-22-,30-28-,34-33-,37-36-,40-39-,43-42-,48-46-. The van der Waals surface area contributed by atoms with Crippen molar-refractivity contribution in [3.8, 4) is 0 Å². The quantitative estimate of drug-likeness (QED) is 0.0261. The number of carbonyl (C=O) groups excluding carboxylic acids is 3. The molecule has 6 heteroatoms. The average Bonchev–Trinajstić information content (AvgIpc) is 3.49. The lowest BCUT2D eigenvalue weighted by Crippen LogP contribution is -2.30. The van der Waals surface area contributed by atoms with Gasteiger partial charge in [-0.3, -0.25) is 14.4 Å². The topological polar surface area (TPSA) is 78.9 Å². The molecule has 0 saturated heterocycles. The molecule has 0 radical (unpaired) electrons. The molecule has 0 N–H and O–H groups in total. The van der Waals surface area contributed by atoms with Crippen molar-refractivity contribution in [2.45, 2.75) is 348 Å². The maximum atomic E-state index is 12.9. The van der Waals surface area contributed by atoms with Crippen molar-refractivity contribution in [3.63, 3.8) is 0 Å². The molecule has 6 nitrogen and oxygen atoms in total. The Morgan fingerprint density at radius 2 is 0.470 bits per heavy atom. The van der Waals surface area contributed by atoms with Gasteiger partial charge in [-0.05, 0) is 89.9 Å². The van der Waals surface area contributed by atoms with Gasteiger partial charge >= 0.3 is 17.9 Å². The Kier molecular flexibility index (Phi) is 67.2. The first-order valence-corrected chi connectivity index (χ1v) is 35.4. The maximum Gasteiger partial charge on any atom is 0.306 e. The number of rotatable bonds is 64. The van der Waals surface area contributed by atoms with Gasteiger partial charge in [0.1, 0.15) is 13.2 Å². The van der Waals surface area contributed by atoms with Crippen LogP contribution in [0, 0.1) is 0 Å². The smallest absolute Gasteiger partial charge is 0.306 e. The van der Waals surface area contributed by atoms with Crippen LogP contribution in [0.2, 0.25) is 0 Å². The van der Waals surface area contributed by atoms with Gasteiger partial charge in [-0.15, -0.1) is 0 Å². The average molecular weight is 1150 g/mol. The first-order valence-electron chi connectivity index (χ1n) is 35.4. The fourth-order valence-corrected chi connectivity index (χ4v) is 10.0. The molecule has 0 fully saturated rings. The second kappa shape index (κ2) is 70.6. The number of hydrogen-bond acceptors (Lipinski definition) is 6. The van der Waals surface area contributed by atoms with Crippen LogP contribution in [0.4, 0.5) is 0 Å². The van der Waals surface area contributed by atoms with Crippen molar-refractivity contribution in [1.29, 1.82) is 0 Å². The Bertz CT molecular complexity index is 1660. The summed E-state index contributed by atoms with van der Waals surface area (Å²) >= 11 is 0. The summed E-state index contributed by atoms with van der Waals surface area (Å²) in [5.74, 6) is -0.882. The minimum Gasteiger partial charge on any atom is -0.462 e. The monoisotopic (exact) mass is 1150 g/mol. The van der Waals surface area contributed by atoms with Crippen molar-refractivity contribution in [1.82, 2.24) is 0 Å². The van der Waals surface area contributed by atoms with E-state index in [9.17, 15) is 14.4 Å². The second-order valence-electron chi connectivity index (χ2n) is 23.4. The van der Waals surface area contributed by atoms with Gasteiger partial charge in [0.2, 0.25) is 0 Å². The third kappa shape index (κ3) is 68.7. The summed E-state index contributed by atoms with van der Waals surface area (Å²) in [6.07, 6.45) is 97.2. The van der Waals surface area contributed by atoms with E-state index >= 15 is 0 Å². The highest BCUT2D eigenvalue weighted by molar-refractivity contribution is 5.71. The third-order valence-corrected chi connectivity index (χ3v) is 15.3. The highest BCUT2D eigenvalue weighted by atomic mass is 16.6. The summed E-state index contributed by atoms with van der Waals surface area (Å²) in [5, 5.41) is 0. The summed E-state index contributed by atoms with van der Waals surface area (Å²) in [4.78, 5) is 38.2. The van der Waals surface area contributed by atoms with Gasteiger partial charge in [0.15, 0.2) is 6.10 Å². The second-order valence-corrected chi connectivity index (χ2v) is 23.4. The van der Waals surface area contributed by atoms with Gasteiger partial charge < -0.3 is 14.2 Å². The van der Waals surface area contributed by atoms with Gasteiger partial charge in [0.25, 0.3) is 0 Å². The van der Waals surface area contributed by atoms with Crippen molar-refractivity contribution in [2.24, 2.45) is 0 Å². The molecule has 0 bridgehead atoms. The van der Waals surface area contributed by atoms with Gasteiger partial charge in [0.05, 0.1) is 0 Å². The molecule has 1 unspecified atom stereocenters. The van der Waals surface area contributed by atoms with E-state index in [1.807, 2.05) is 0 Å². The van der Waals surface area contributed by atoms with E-state index in [0.717, 1.165) is 122 Å². The van der Waals surface area contributed by atoms with E-state index < -0.39 is 6.10 Å². The van der Waals surface area contributed by atoms with Crippen LogP contribution >= 0.6 is 0 Å². The van der Waals surface area contributed by atoms with Gasteiger partial charge in [0, 0.05) is 19.3 Å². The number of carbonyl (C=O) groups is 3. The van der Waals surface area contributed by atoms with Crippen LogP contribution in [0.25, 0.3) is 0 Å². The van der Waals surface area contributed by atoms with E-state index in [4.69, 9.17) is 14.2 Å². The molecular formula is C77H132O6. The fourth-order valence-electron chi connectivity index (χ4n) is 10.0. The molecule has 0 rings (SSSR count). The molecule has 0 aliphatic rings. The summed E-state index contributed by atoms with van der Waals surface area (Å²) < 4.78 is 16.9. The summed E-state index contributed by atoms with van der Waals surface area (Å²) in [6.45, 7) is 6.51. The third-order valence-electron chi connectivity index (χ3n) is 15.3. The molecule has 0 amide bonds. The summed E-state index contributed by atoms with van der Waals surface area (Å²) in [6, 6.07) is 0. The lowest BCUT2D eigenvalue weighted by atomic mass is 10.0. The Balaban J connectivity index is 4.11. The zero-order valence-corrected chi connectivity index (χ0v) is 54.7. The Hall–Kier alpha value is -3.93. The van der Waals surface area contributed by atoms with Gasteiger partial charge in [-0.2, -0.15) is 0 Å². The molecule has 0 aliphatic carbocycles. The van der Waals surface area contributed by atoms with E-state index in [2.05, 4.69) is 130 Å². The Morgan fingerprint density at radius 3 is 0.735 bits per heavy atom. The summed E-state index contributed by atoms with van der Waals surface area (Å²) in [5.41, 5.74) is 0. The molecule has 0 aromatic carbocycles.